The van der Waals surface area contributed by atoms with Gasteiger partial charge in [0, 0.05) is 12.3 Å². The Morgan fingerprint density at radius 1 is 1.19 bits per heavy atom. The molecule has 0 radical (unpaired) electrons. The van der Waals surface area contributed by atoms with E-state index >= 15 is 0 Å². The van der Waals surface area contributed by atoms with Gasteiger partial charge < -0.3 is 10.3 Å². The average Bonchev–Trinajstić information content (AvgIpc) is 2.91. The van der Waals surface area contributed by atoms with Crippen molar-refractivity contribution in [1.82, 2.24) is 15.0 Å². The minimum atomic E-state index is 0.678. The van der Waals surface area contributed by atoms with Crippen molar-refractivity contribution in [3.63, 3.8) is 0 Å². The van der Waals surface area contributed by atoms with Crippen LogP contribution in [-0.4, -0.2) is 21.5 Å². The number of nitrogens with one attached hydrogen (secondary N) is 2. The maximum Gasteiger partial charge on any atom is 0.166 e. The minimum Gasteiger partial charge on any atom is -0.370 e. The number of para-hydroxylation sites is 2. The zero-order valence-corrected chi connectivity index (χ0v) is 13.1. The number of imidazole rings is 1. The van der Waals surface area contributed by atoms with Gasteiger partial charge >= 0.3 is 0 Å². The number of aromatic nitrogens is 3. The maximum absolute atomic E-state index is 6.21. The van der Waals surface area contributed by atoms with Crippen LogP contribution in [0.2, 0.25) is 5.02 Å². The monoisotopic (exact) mass is 318 g/mol. The van der Waals surface area contributed by atoms with E-state index in [9.17, 15) is 0 Å². The third-order valence-electron chi connectivity index (χ3n) is 2.99. The zero-order valence-electron chi connectivity index (χ0n) is 11.6. The van der Waals surface area contributed by atoms with Crippen molar-refractivity contribution in [2.75, 3.05) is 11.9 Å². The van der Waals surface area contributed by atoms with Crippen LogP contribution >= 0.6 is 23.4 Å². The molecule has 2 N–H and O–H groups in total. The number of hydrogen-bond donors (Lipinski definition) is 2. The normalized spacial score (nSPS) is 11.0. The molecule has 0 amide bonds. The van der Waals surface area contributed by atoms with Crippen LogP contribution in [0.3, 0.4) is 0 Å². The number of aromatic amines is 1. The first-order valence-corrected chi connectivity index (χ1v) is 8.09. The number of thioether (sulfide) groups is 1. The lowest BCUT2D eigenvalue weighted by Crippen LogP contribution is -2.01. The Labute approximate surface area is 132 Å². The number of pyridine rings is 1. The van der Waals surface area contributed by atoms with Gasteiger partial charge in [0.05, 0.1) is 21.7 Å². The predicted octanol–water partition coefficient (Wildman–Crippen LogP) is 4.34. The summed E-state index contributed by atoms with van der Waals surface area (Å²) in [5.74, 6) is 1.53. The van der Waals surface area contributed by atoms with Crippen molar-refractivity contribution in [2.24, 2.45) is 0 Å². The van der Waals surface area contributed by atoms with E-state index in [0.717, 1.165) is 34.2 Å². The van der Waals surface area contributed by atoms with E-state index in [1.54, 1.807) is 11.8 Å². The van der Waals surface area contributed by atoms with E-state index in [-0.39, 0.29) is 0 Å². The lowest BCUT2D eigenvalue weighted by Gasteiger charge is -2.06. The summed E-state index contributed by atoms with van der Waals surface area (Å²) in [7, 11) is 0. The summed E-state index contributed by atoms with van der Waals surface area (Å²) in [5, 5.41) is 4.75. The second-order valence-electron chi connectivity index (χ2n) is 4.50. The molecule has 3 aromatic rings. The average molecular weight is 319 g/mol. The third-order valence-corrected chi connectivity index (χ3v) is 4.22. The van der Waals surface area contributed by atoms with Crippen molar-refractivity contribution in [2.45, 2.75) is 17.8 Å². The molecule has 3 rings (SSSR count). The molecule has 0 fully saturated rings. The van der Waals surface area contributed by atoms with Gasteiger partial charge in [-0.15, -0.1) is 0 Å². The summed E-state index contributed by atoms with van der Waals surface area (Å²) in [6, 6.07) is 11.8. The topological polar surface area (TPSA) is 53.6 Å². The number of halogens is 1. The molecule has 21 heavy (non-hydrogen) atoms. The Balaban J connectivity index is 1.76. The molecule has 0 atom stereocenters. The number of hydrogen-bond acceptors (Lipinski definition) is 4. The van der Waals surface area contributed by atoms with Crippen molar-refractivity contribution in [3.8, 4) is 0 Å². The highest BCUT2D eigenvalue weighted by Crippen LogP contribution is 2.26. The minimum absolute atomic E-state index is 0.678. The molecule has 2 aromatic heterocycles. The van der Waals surface area contributed by atoms with Crippen LogP contribution in [0.1, 0.15) is 12.6 Å². The van der Waals surface area contributed by atoms with Gasteiger partial charge in [0.2, 0.25) is 0 Å². The quantitative estimate of drug-likeness (QED) is 0.687. The lowest BCUT2D eigenvalue weighted by molar-refractivity contribution is 1.07. The van der Waals surface area contributed by atoms with Crippen LogP contribution in [0.15, 0.2) is 41.6 Å². The van der Waals surface area contributed by atoms with Crippen molar-refractivity contribution in [3.05, 3.63) is 47.1 Å². The highest BCUT2D eigenvalue weighted by molar-refractivity contribution is 7.98. The summed E-state index contributed by atoms with van der Waals surface area (Å²) >= 11 is 7.81. The third kappa shape index (κ3) is 3.31. The fraction of sp³-hybridized carbons (Fsp3) is 0.200. The van der Waals surface area contributed by atoms with E-state index < -0.39 is 0 Å². The van der Waals surface area contributed by atoms with Gasteiger partial charge in [-0.05, 0) is 31.2 Å². The Morgan fingerprint density at radius 2 is 2.05 bits per heavy atom. The SMILES string of the molecule is CCNc1ccc(Cl)c(CSc2nc3ccccc3[nH]2)n1. The van der Waals surface area contributed by atoms with E-state index in [2.05, 4.69) is 20.3 Å². The smallest absolute Gasteiger partial charge is 0.166 e. The lowest BCUT2D eigenvalue weighted by atomic mass is 10.3. The molecule has 2 heterocycles. The standard InChI is InChI=1S/C15H15ClN4S/c1-2-17-14-8-7-10(16)13(18-14)9-21-15-19-11-5-3-4-6-12(11)20-15/h3-8H,2,9H2,1H3,(H,17,18)(H,19,20). The molecule has 4 nitrogen and oxygen atoms in total. The summed E-state index contributed by atoms with van der Waals surface area (Å²) in [6.07, 6.45) is 0. The second-order valence-corrected chi connectivity index (χ2v) is 5.87. The largest absolute Gasteiger partial charge is 0.370 e. The Bertz CT molecular complexity index is 723. The van der Waals surface area contributed by atoms with Crippen molar-refractivity contribution < 1.29 is 0 Å². The molecule has 0 aliphatic heterocycles. The van der Waals surface area contributed by atoms with Gasteiger partial charge in [0.25, 0.3) is 0 Å². The van der Waals surface area contributed by atoms with Crippen LogP contribution in [0.5, 0.6) is 0 Å². The first-order chi connectivity index (χ1) is 10.3. The van der Waals surface area contributed by atoms with Crippen molar-refractivity contribution in [1.29, 1.82) is 0 Å². The fourth-order valence-corrected chi connectivity index (χ4v) is 3.09. The van der Waals surface area contributed by atoms with Crippen LogP contribution in [-0.2, 0) is 5.75 Å². The fourth-order valence-electron chi connectivity index (χ4n) is 2.00. The highest BCUT2D eigenvalue weighted by atomic mass is 35.5. The Morgan fingerprint density at radius 3 is 2.86 bits per heavy atom. The number of rotatable bonds is 5. The molecule has 6 heteroatoms. The first kappa shape index (κ1) is 14.2. The number of H-pyrrole nitrogens is 1. The summed E-state index contributed by atoms with van der Waals surface area (Å²) in [6.45, 7) is 2.88. The Hall–Kier alpha value is -1.72. The molecule has 0 saturated heterocycles. The number of benzene rings is 1. The molecule has 0 unspecified atom stereocenters. The van der Waals surface area contributed by atoms with Crippen molar-refractivity contribution >= 4 is 40.2 Å². The molecule has 0 bridgehead atoms. The summed E-state index contributed by atoms with van der Waals surface area (Å²) in [4.78, 5) is 12.4. The van der Waals surface area contributed by atoms with Crippen LogP contribution in [0.25, 0.3) is 11.0 Å². The molecule has 0 aliphatic rings. The van der Waals surface area contributed by atoms with Gasteiger partial charge in [-0.2, -0.15) is 0 Å². The highest BCUT2D eigenvalue weighted by Gasteiger charge is 2.07. The Kier molecular flexibility index (Phi) is 4.31. The second kappa shape index (κ2) is 6.37. The van der Waals surface area contributed by atoms with Gasteiger partial charge in [-0.3, -0.25) is 0 Å². The van der Waals surface area contributed by atoms with Gasteiger partial charge in [-0.1, -0.05) is 35.5 Å². The molecule has 0 aliphatic carbocycles. The number of fused-ring (bicyclic) bond motifs is 1. The van der Waals surface area contributed by atoms with E-state index in [1.807, 2.05) is 43.3 Å². The van der Waals surface area contributed by atoms with Gasteiger partial charge in [0.1, 0.15) is 5.82 Å². The molecular formula is C15H15ClN4S. The zero-order chi connectivity index (χ0) is 14.7. The molecule has 0 saturated carbocycles. The van der Waals surface area contributed by atoms with E-state index in [4.69, 9.17) is 11.6 Å². The molecule has 108 valence electrons. The van der Waals surface area contributed by atoms with Gasteiger partial charge in [0.15, 0.2) is 5.16 Å². The number of nitrogens with zero attached hydrogens (tertiary/aromatic N) is 2. The molecule has 0 spiro atoms. The predicted molar refractivity (Wildman–Crippen MR) is 89.1 cm³/mol. The van der Waals surface area contributed by atoms with Gasteiger partial charge in [-0.25, -0.2) is 9.97 Å². The molecular weight excluding hydrogens is 304 g/mol. The van der Waals surface area contributed by atoms with Crippen LogP contribution in [0.4, 0.5) is 5.82 Å². The van der Waals surface area contributed by atoms with E-state index in [0.29, 0.717) is 10.8 Å². The maximum atomic E-state index is 6.21. The first-order valence-electron chi connectivity index (χ1n) is 6.73. The number of anilines is 1. The van der Waals surface area contributed by atoms with Crippen LogP contribution < -0.4 is 5.32 Å². The summed E-state index contributed by atoms with van der Waals surface area (Å²) in [5.41, 5.74) is 2.88. The molecule has 1 aromatic carbocycles. The summed E-state index contributed by atoms with van der Waals surface area (Å²) < 4.78 is 0. The van der Waals surface area contributed by atoms with Crippen LogP contribution in [0, 0.1) is 0 Å². The van der Waals surface area contributed by atoms with E-state index in [1.165, 1.54) is 0 Å².